The average Bonchev–Trinajstić information content (AvgIpc) is 2.46. The first kappa shape index (κ1) is 14.1. The average molecular weight is 331 g/mol. The largest absolute Gasteiger partial charge is 0.484 e. The minimum Gasteiger partial charge on any atom is -0.484 e. The molecule has 2 rings (SSSR count). The summed E-state index contributed by atoms with van der Waals surface area (Å²) >= 11 is 3.33. The van der Waals surface area contributed by atoms with E-state index in [1.807, 2.05) is 18.2 Å². The summed E-state index contributed by atoms with van der Waals surface area (Å²) in [5.41, 5.74) is 1.25. The van der Waals surface area contributed by atoms with Crippen LogP contribution in [0.15, 0.2) is 53.0 Å². The highest BCUT2D eigenvalue weighted by atomic mass is 79.9. The molecule has 0 aliphatic rings. The van der Waals surface area contributed by atoms with Crippen LogP contribution >= 0.6 is 15.9 Å². The van der Waals surface area contributed by atoms with Gasteiger partial charge in [-0.1, -0.05) is 22.0 Å². The third kappa shape index (κ3) is 4.11. The second-order valence-corrected chi connectivity index (χ2v) is 4.90. The van der Waals surface area contributed by atoms with Crippen LogP contribution in [0.5, 0.6) is 5.75 Å². The van der Waals surface area contributed by atoms with E-state index in [2.05, 4.69) is 21.2 Å². The number of nitriles is 1. The maximum absolute atomic E-state index is 11.7. The van der Waals surface area contributed by atoms with Crippen molar-refractivity contribution in [3.8, 4) is 11.8 Å². The summed E-state index contributed by atoms with van der Waals surface area (Å²) in [5, 5.41) is 11.4. The van der Waals surface area contributed by atoms with Crippen molar-refractivity contribution < 1.29 is 9.53 Å². The lowest BCUT2D eigenvalue weighted by molar-refractivity contribution is -0.118. The predicted octanol–water partition coefficient (Wildman–Crippen LogP) is 3.34. The molecule has 100 valence electrons. The van der Waals surface area contributed by atoms with E-state index in [0.717, 1.165) is 4.47 Å². The number of benzene rings is 2. The number of anilines is 1. The number of nitrogens with zero attached hydrogens (tertiary/aromatic N) is 1. The van der Waals surface area contributed by atoms with E-state index >= 15 is 0 Å². The van der Waals surface area contributed by atoms with Crippen molar-refractivity contribution in [3.63, 3.8) is 0 Å². The normalized spacial score (nSPS) is 9.60. The summed E-state index contributed by atoms with van der Waals surface area (Å²) in [4.78, 5) is 11.7. The quantitative estimate of drug-likeness (QED) is 0.935. The number of hydrogen-bond donors (Lipinski definition) is 1. The van der Waals surface area contributed by atoms with Crippen LogP contribution in [0.1, 0.15) is 5.56 Å². The van der Waals surface area contributed by atoms with Crippen LogP contribution in [-0.2, 0) is 4.79 Å². The number of carbonyl (C=O) groups is 1. The van der Waals surface area contributed by atoms with Crippen LogP contribution in [0.25, 0.3) is 0 Å². The number of amides is 1. The van der Waals surface area contributed by atoms with Gasteiger partial charge in [-0.3, -0.25) is 4.79 Å². The van der Waals surface area contributed by atoms with Crippen molar-refractivity contribution in [2.75, 3.05) is 11.9 Å². The second-order valence-electron chi connectivity index (χ2n) is 3.98. The lowest BCUT2D eigenvalue weighted by atomic mass is 10.2. The van der Waals surface area contributed by atoms with Gasteiger partial charge in [-0.25, -0.2) is 0 Å². The van der Waals surface area contributed by atoms with E-state index in [1.165, 1.54) is 0 Å². The Morgan fingerprint density at radius 2 is 2.00 bits per heavy atom. The van der Waals surface area contributed by atoms with Crippen molar-refractivity contribution >= 4 is 27.5 Å². The molecule has 20 heavy (non-hydrogen) atoms. The minimum absolute atomic E-state index is 0.0849. The van der Waals surface area contributed by atoms with Gasteiger partial charge in [0.1, 0.15) is 5.75 Å². The molecule has 0 radical (unpaired) electrons. The van der Waals surface area contributed by atoms with Crippen LogP contribution in [-0.4, -0.2) is 12.5 Å². The fourth-order valence-electron chi connectivity index (χ4n) is 1.54. The van der Waals surface area contributed by atoms with Gasteiger partial charge in [-0.2, -0.15) is 5.26 Å². The fourth-order valence-corrected chi connectivity index (χ4v) is 1.94. The Kier molecular flexibility index (Phi) is 4.75. The number of hydrogen-bond acceptors (Lipinski definition) is 3. The molecular formula is C15H11BrN2O2. The highest BCUT2D eigenvalue weighted by Gasteiger charge is 2.04. The number of halogens is 1. The Balaban J connectivity index is 1.87. The standard InChI is InChI=1S/C15H11BrN2O2/c16-12-2-1-3-13(8-12)18-15(19)10-20-14-6-4-11(9-17)5-7-14/h1-8H,10H2,(H,18,19). The van der Waals surface area contributed by atoms with Crippen molar-refractivity contribution in [1.29, 1.82) is 5.26 Å². The zero-order chi connectivity index (χ0) is 14.4. The Morgan fingerprint density at radius 1 is 1.25 bits per heavy atom. The number of carbonyl (C=O) groups excluding carboxylic acids is 1. The SMILES string of the molecule is N#Cc1ccc(OCC(=O)Nc2cccc(Br)c2)cc1. The molecule has 2 aromatic rings. The van der Waals surface area contributed by atoms with Crippen molar-refractivity contribution in [1.82, 2.24) is 0 Å². The molecule has 4 nitrogen and oxygen atoms in total. The molecule has 5 heteroatoms. The van der Waals surface area contributed by atoms with Crippen LogP contribution in [0.3, 0.4) is 0 Å². The van der Waals surface area contributed by atoms with Gasteiger partial charge < -0.3 is 10.1 Å². The van der Waals surface area contributed by atoms with Gasteiger partial charge in [0, 0.05) is 10.2 Å². The molecule has 1 amide bonds. The summed E-state index contributed by atoms with van der Waals surface area (Å²) in [6, 6.07) is 15.9. The van der Waals surface area contributed by atoms with Gasteiger partial charge in [-0.05, 0) is 42.5 Å². The Morgan fingerprint density at radius 3 is 2.65 bits per heavy atom. The lowest BCUT2D eigenvalue weighted by Crippen LogP contribution is -2.20. The van der Waals surface area contributed by atoms with Crippen molar-refractivity contribution in [2.45, 2.75) is 0 Å². The van der Waals surface area contributed by atoms with Gasteiger partial charge in [0.15, 0.2) is 6.61 Å². The zero-order valence-electron chi connectivity index (χ0n) is 10.5. The highest BCUT2D eigenvalue weighted by molar-refractivity contribution is 9.10. The van der Waals surface area contributed by atoms with E-state index in [0.29, 0.717) is 17.0 Å². The van der Waals surface area contributed by atoms with E-state index < -0.39 is 0 Å². The number of nitrogens with one attached hydrogen (secondary N) is 1. The van der Waals surface area contributed by atoms with Gasteiger partial charge >= 0.3 is 0 Å². The summed E-state index contributed by atoms with van der Waals surface area (Å²) in [5.74, 6) is 0.306. The van der Waals surface area contributed by atoms with Crippen LogP contribution in [0.4, 0.5) is 5.69 Å². The van der Waals surface area contributed by atoms with Gasteiger partial charge in [0.25, 0.3) is 5.91 Å². The molecule has 0 fully saturated rings. The maximum atomic E-state index is 11.7. The molecule has 2 aromatic carbocycles. The third-order valence-electron chi connectivity index (χ3n) is 2.46. The molecule has 1 N–H and O–H groups in total. The maximum Gasteiger partial charge on any atom is 0.262 e. The molecule has 0 bridgehead atoms. The van der Waals surface area contributed by atoms with Crippen LogP contribution < -0.4 is 10.1 Å². The first-order chi connectivity index (χ1) is 9.67. The van der Waals surface area contributed by atoms with E-state index in [1.54, 1.807) is 36.4 Å². The predicted molar refractivity (Wildman–Crippen MR) is 79.4 cm³/mol. The van der Waals surface area contributed by atoms with E-state index in [9.17, 15) is 4.79 Å². The summed E-state index contributed by atoms with van der Waals surface area (Å²) in [7, 11) is 0. The van der Waals surface area contributed by atoms with Crippen LogP contribution in [0.2, 0.25) is 0 Å². The topological polar surface area (TPSA) is 62.1 Å². The lowest BCUT2D eigenvalue weighted by Gasteiger charge is -2.07. The molecule has 0 saturated heterocycles. The summed E-state index contributed by atoms with van der Waals surface area (Å²) < 4.78 is 6.23. The first-order valence-corrected chi connectivity index (χ1v) is 6.65. The van der Waals surface area contributed by atoms with Crippen LogP contribution in [0, 0.1) is 11.3 Å². The Hall–Kier alpha value is -2.32. The Bertz CT molecular complexity index is 648. The molecular weight excluding hydrogens is 320 g/mol. The van der Waals surface area contributed by atoms with Crippen molar-refractivity contribution in [3.05, 3.63) is 58.6 Å². The molecule has 0 unspecified atom stereocenters. The number of rotatable bonds is 4. The second kappa shape index (κ2) is 6.73. The first-order valence-electron chi connectivity index (χ1n) is 5.86. The Labute approximate surface area is 125 Å². The van der Waals surface area contributed by atoms with Gasteiger partial charge in [-0.15, -0.1) is 0 Å². The molecule has 0 aromatic heterocycles. The van der Waals surface area contributed by atoms with Crippen molar-refractivity contribution in [2.24, 2.45) is 0 Å². The molecule has 0 saturated carbocycles. The highest BCUT2D eigenvalue weighted by Crippen LogP contribution is 2.16. The molecule has 0 atom stereocenters. The molecule has 0 heterocycles. The third-order valence-corrected chi connectivity index (χ3v) is 2.95. The monoisotopic (exact) mass is 330 g/mol. The minimum atomic E-state index is -0.243. The van der Waals surface area contributed by atoms with E-state index in [4.69, 9.17) is 10.00 Å². The zero-order valence-corrected chi connectivity index (χ0v) is 12.1. The molecule has 0 spiro atoms. The summed E-state index contributed by atoms with van der Waals surface area (Å²) in [6.07, 6.45) is 0. The van der Waals surface area contributed by atoms with Gasteiger partial charge in [0.05, 0.1) is 11.6 Å². The van der Waals surface area contributed by atoms with E-state index in [-0.39, 0.29) is 12.5 Å². The fraction of sp³-hybridized carbons (Fsp3) is 0.0667. The molecule has 0 aliphatic heterocycles. The number of ether oxygens (including phenoxy) is 1. The summed E-state index contributed by atoms with van der Waals surface area (Å²) in [6.45, 7) is -0.0849. The van der Waals surface area contributed by atoms with Gasteiger partial charge in [0.2, 0.25) is 0 Å². The molecule has 0 aliphatic carbocycles. The smallest absolute Gasteiger partial charge is 0.262 e.